The van der Waals surface area contributed by atoms with Crippen LogP contribution in [0.2, 0.25) is 6.04 Å². The highest BCUT2D eigenvalue weighted by Crippen LogP contribution is 2.03. The number of hydrogen-bond donors (Lipinski definition) is 0. The van der Waals surface area contributed by atoms with Gasteiger partial charge < -0.3 is 4.43 Å². The first-order valence-corrected chi connectivity index (χ1v) is 7.10. The van der Waals surface area contributed by atoms with Gasteiger partial charge in [-0.3, -0.25) is 0 Å². The van der Waals surface area contributed by atoms with Crippen LogP contribution in [0.4, 0.5) is 0 Å². The van der Waals surface area contributed by atoms with E-state index in [1.807, 2.05) is 7.11 Å². The van der Waals surface area contributed by atoms with Crippen LogP contribution in [0.5, 0.6) is 0 Å². The van der Waals surface area contributed by atoms with Crippen molar-refractivity contribution >= 4 is 20.3 Å². The standard InChI is InChI=1S/C13H19OSi/c1-4-6-8-12-9-7-10-13(11-12)15(5-2)14-3/h6-11H,4-5H2,1-3H3. The van der Waals surface area contributed by atoms with Crippen LogP contribution >= 0.6 is 0 Å². The molecule has 0 amide bonds. The molecule has 81 valence electrons. The van der Waals surface area contributed by atoms with Crippen molar-refractivity contribution in [3.05, 3.63) is 35.9 Å². The molecule has 0 bridgehead atoms. The summed E-state index contributed by atoms with van der Waals surface area (Å²) in [6, 6.07) is 9.78. The highest BCUT2D eigenvalue weighted by Gasteiger charge is 2.11. The molecule has 0 unspecified atom stereocenters. The van der Waals surface area contributed by atoms with Crippen molar-refractivity contribution < 1.29 is 4.43 Å². The van der Waals surface area contributed by atoms with Crippen LogP contribution in [0, 0.1) is 0 Å². The van der Waals surface area contributed by atoms with Crippen LogP contribution in [0.3, 0.4) is 0 Å². The monoisotopic (exact) mass is 219 g/mol. The summed E-state index contributed by atoms with van der Waals surface area (Å²) in [5, 5.41) is 1.36. The zero-order valence-corrected chi connectivity index (χ0v) is 10.8. The number of rotatable bonds is 5. The first-order chi connectivity index (χ1) is 7.31. The first kappa shape index (κ1) is 12.2. The van der Waals surface area contributed by atoms with E-state index in [1.165, 1.54) is 10.8 Å². The van der Waals surface area contributed by atoms with Crippen LogP contribution in [0.25, 0.3) is 6.08 Å². The molecule has 0 spiro atoms. The van der Waals surface area contributed by atoms with Crippen LogP contribution in [0.15, 0.2) is 30.3 Å². The molecule has 0 aliphatic heterocycles. The smallest absolute Gasteiger partial charge is 0.245 e. The van der Waals surface area contributed by atoms with Gasteiger partial charge in [0.1, 0.15) is 0 Å². The molecule has 2 heteroatoms. The van der Waals surface area contributed by atoms with Crippen molar-refractivity contribution in [3.8, 4) is 0 Å². The predicted molar refractivity (Wildman–Crippen MR) is 68.6 cm³/mol. The Labute approximate surface area is 94.5 Å². The molecule has 0 saturated carbocycles. The van der Waals surface area contributed by atoms with E-state index in [9.17, 15) is 0 Å². The summed E-state index contributed by atoms with van der Waals surface area (Å²) < 4.78 is 5.52. The summed E-state index contributed by atoms with van der Waals surface area (Å²) in [6.07, 6.45) is 5.44. The molecule has 0 N–H and O–H groups in total. The zero-order valence-electron chi connectivity index (χ0n) is 9.79. The maximum absolute atomic E-state index is 5.52. The van der Waals surface area contributed by atoms with Crippen molar-refractivity contribution in [2.45, 2.75) is 26.3 Å². The van der Waals surface area contributed by atoms with Gasteiger partial charge in [0.15, 0.2) is 0 Å². The quantitative estimate of drug-likeness (QED) is 0.692. The lowest BCUT2D eigenvalue weighted by Crippen LogP contribution is -2.31. The van der Waals surface area contributed by atoms with Gasteiger partial charge >= 0.3 is 0 Å². The van der Waals surface area contributed by atoms with Gasteiger partial charge in [0.25, 0.3) is 0 Å². The fourth-order valence-electron chi connectivity index (χ4n) is 1.54. The molecule has 0 aromatic heterocycles. The Morgan fingerprint density at radius 2 is 2.13 bits per heavy atom. The summed E-state index contributed by atoms with van der Waals surface area (Å²) in [4.78, 5) is 0. The SMILES string of the molecule is CCC=Cc1cccc([Si](CC)OC)c1. The predicted octanol–water partition coefficient (Wildman–Crippen LogP) is 2.97. The second-order valence-corrected chi connectivity index (χ2v) is 5.96. The third kappa shape index (κ3) is 3.65. The van der Waals surface area contributed by atoms with E-state index in [4.69, 9.17) is 4.43 Å². The lowest BCUT2D eigenvalue weighted by atomic mass is 10.2. The average molecular weight is 219 g/mol. The lowest BCUT2D eigenvalue weighted by Gasteiger charge is -2.10. The van der Waals surface area contributed by atoms with Crippen molar-refractivity contribution in [1.29, 1.82) is 0 Å². The summed E-state index contributed by atoms with van der Waals surface area (Å²) in [5.74, 6) is 0. The molecule has 1 radical (unpaired) electrons. The minimum Gasteiger partial charge on any atom is -0.415 e. The van der Waals surface area contributed by atoms with Gasteiger partial charge in [-0.1, -0.05) is 50.3 Å². The summed E-state index contributed by atoms with van der Waals surface area (Å²) in [6.45, 7) is 4.34. The fraction of sp³-hybridized carbons (Fsp3) is 0.385. The Bertz CT molecular complexity index is 316. The molecule has 0 saturated heterocycles. The maximum Gasteiger partial charge on any atom is 0.245 e. The van der Waals surface area contributed by atoms with Gasteiger partial charge in [-0.2, -0.15) is 0 Å². The molecule has 0 aliphatic carbocycles. The van der Waals surface area contributed by atoms with E-state index in [-0.39, 0.29) is 0 Å². The number of benzene rings is 1. The van der Waals surface area contributed by atoms with Gasteiger partial charge in [0.2, 0.25) is 9.04 Å². The van der Waals surface area contributed by atoms with Crippen LogP contribution in [-0.4, -0.2) is 16.2 Å². The average Bonchev–Trinajstić information content (AvgIpc) is 2.29. The normalized spacial score (nSPS) is 11.5. The van der Waals surface area contributed by atoms with Gasteiger partial charge in [0.05, 0.1) is 0 Å². The second-order valence-electron chi connectivity index (χ2n) is 3.42. The van der Waals surface area contributed by atoms with E-state index >= 15 is 0 Å². The van der Waals surface area contributed by atoms with Crippen LogP contribution in [-0.2, 0) is 4.43 Å². The largest absolute Gasteiger partial charge is 0.415 e. The Morgan fingerprint density at radius 1 is 1.33 bits per heavy atom. The Balaban J connectivity index is 2.86. The molecule has 1 nitrogen and oxygen atoms in total. The lowest BCUT2D eigenvalue weighted by molar-refractivity contribution is 0.430. The third-order valence-electron chi connectivity index (χ3n) is 2.32. The molecule has 0 heterocycles. The van der Waals surface area contributed by atoms with Crippen molar-refractivity contribution in [3.63, 3.8) is 0 Å². The van der Waals surface area contributed by atoms with E-state index in [0.717, 1.165) is 12.5 Å². The second kappa shape index (κ2) is 6.59. The van der Waals surface area contributed by atoms with E-state index in [0.29, 0.717) is 0 Å². The molecule has 15 heavy (non-hydrogen) atoms. The minimum absolute atomic E-state index is 0.781. The molecular formula is C13H19OSi. The van der Waals surface area contributed by atoms with Gasteiger partial charge in [-0.15, -0.1) is 0 Å². The maximum atomic E-state index is 5.52. The molecule has 1 aromatic rings. The van der Waals surface area contributed by atoms with E-state index in [2.05, 4.69) is 50.3 Å². The Morgan fingerprint density at radius 3 is 2.73 bits per heavy atom. The van der Waals surface area contributed by atoms with Crippen LogP contribution < -0.4 is 5.19 Å². The van der Waals surface area contributed by atoms with E-state index in [1.54, 1.807) is 0 Å². The Hall–Kier alpha value is -0.863. The van der Waals surface area contributed by atoms with Gasteiger partial charge in [-0.25, -0.2) is 0 Å². The first-order valence-electron chi connectivity index (χ1n) is 5.48. The number of hydrogen-bond acceptors (Lipinski definition) is 1. The van der Waals surface area contributed by atoms with Crippen molar-refractivity contribution in [1.82, 2.24) is 0 Å². The summed E-state index contributed by atoms with van der Waals surface area (Å²) >= 11 is 0. The molecule has 1 aromatic carbocycles. The summed E-state index contributed by atoms with van der Waals surface area (Å²) in [5.41, 5.74) is 1.28. The highest BCUT2D eigenvalue weighted by atomic mass is 28.3. The third-order valence-corrected chi connectivity index (χ3v) is 4.41. The molecule has 0 atom stereocenters. The van der Waals surface area contributed by atoms with Crippen molar-refractivity contribution in [2.24, 2.45) is 0 Å². The van der Waals surface area contributed by atoms with Crippen LogP contribution in [0.1, 0.15) is 25.8 Å². The fourth-order valence-corrected chi connectivity index (χ4v) is 3.08. The van der Waals surface area contributed by atoms with Crippen molar-refractivity contribution in [2.75, 3.05) is 7.11 Å². The zero-order chi connectivity index (χ0) is 11.1. The topological polar surface area (TPSA) is 9.23 Å². The van der Waals surface area contributed by atoms with E-state index < -0.39 is 9.04 Å². The minimum atomic E-state index is -0.781. The highest BCUT2D eigenvalue weighted by molar-refractivity contribution is 6.67. The van der Waals surface area contributed by atoms with Gasteiger partial charge in [0, 0.05) is 7.11 Å². The summed E-state index contributed by atoms with van der Waals surface area (Å²) in [7, 11) is 1.03. The molecule has 0 fully saturated rings. The Kier molecular flexibility index (Phi) is 5.36. The molecule has 1 rings (SSSR count). The number of allylic oxidation sites excluding steroid dienone is 1. The van der Waals surface area contributed by atoms with Gasteiger partial charge in [-0.05, 0) is 23.2 Å². The molecular weight excluding hydrogens is 200 g/mol. The molecule has 0 aliphatic rings.